The van der Waals surface area contributed by atoms with Crippen molar-refractivity contribution in [2.45, 2.75) is 33.0 Å². The molecule has 1 aromatic carbocycles. The minimum Gasteiger partial charge on any atom is -0.481 e. The summed E-state index contributed by atoms with van der Waals surface area (Å²) in [7, 11) is 1.52. The minimum absolute atomic E-state index is 0.0314. The summed E-state index contributed by atoms with van der Waals surface area (Å²) >= 11 is 0. The van der Waals surface area contributed by atoms with E-state index in [-0.39, 0.29) is 23.6 Å². The summed E-state index contributed by atoms with van der Waals surface area (Å²) in [6.45, 7) is 2.89. The molecular formula is C25H26N4O4. The van der Waals surface area contributed by atoms with Crippen LogP contribution >= 0.6 is 0 Å². The highest BCUT2D eigenvalue weighted by Crippen LogP contribution is 2.22. The Morgan fingerprint density at radius 1 is 1.15 bits per heavy atom. The second kappa shape index (κ2) is 9.68. The normalized spacial score (nSPS) is 12.7. The second-order valence-corrected chi connectivity index (χ2v) is 7.97. The van der Waals surface area contributed by atoms with Gasteiger partial charge in [0.05, 0.1) is 13.7 Å². The number of pyridine rings is 2. The van der Waals surface area contributed by atoms with Gasteiger partial charge in [0.15, 0.2) is 0 Å². The average Bonchev–Trinajstić information content (AvgIpc) is 2.83. The summed E-state index contributed by atoms with van der Waals surface area (Å²) in [5.74, 6) is -0.0524. The first-order chi connectivity index (χ1) is 16.0. The maximum atomic E-state index is 13.4. The van der Waals surface area contributed by atoms with E-state index < -0.39 is 5.91 Å². The fourth-order valence-electron chi connectivity index (χ4n) is 4.12. The van der Waals surface area contributed by atoms with E-state index in [1.165, 1.54) is 14.0 Å². The third-order valence-electron chi connectivity index (χ3n) is 5.82. The molecule has 8 nitrogen and oxygen atoms in total. The van der Waals surface area contributed by atoms with Crippen LogP contribution in [-0.4, -0.2) is 39.9 Å². The predicted octanol–water partition coefficient (Wildman–Crippen LogP) is 2.13. The Labute approximate surface area is 191 Å². The lowest BCUT2D eigenvalue weighted by Gasteiger charge is -2.29. The molecule has 0 saturated carbocycles. The molecule has 1 N–H and O–H groups in total. The number of aromatic nitrogens is 2. The zero-order valence-electron chi connectivity index (χ0n) is 18.7. The number of carbonyl (C=O) groups excluding carboxylic acids is 2. The molecule has 0 spiro atoms. The number of amides is 2. The molecule has 3 heterocycles. The molecule has 0 saturated heterocycles. The minimum atomic E-state index is -0.444. The molecule has 4 rings (SSSR count). The molecule has 0 aliphatic carbocycles. The highest BCUT2D eigenvalue weighted by atomic mass is 16.5. The summed E-state index contributed by atoms with van der Waals surface area (Å²) in [5, 5.41) is 2.85. The zero-order chi connectivity index (χ0) is 23.4. The average molecular weight is 447 g/mol. The maximum absolute atomic E-state index is 13.4. The van der Waals surface area contributed by atoms with E-state index in [1.807, 2.05) is 36.4 Å². The van der Waals surface area contributed by atoms with Gasteiger partial charge >= 0.3 is 0 Å². The lowest BCUT2D eigenvalue weighted by Crippen LogP contribution is -2.40. The van der Waals surface area contributed by atoms with Crippen LogP contribution in [0.15, 0.2) is 59.7 Å². The number of rotatable bonds is 6. The third kappa shape index (κ3) is 4.79. The topological polar surface area (TPSA) is 93.5 Å². The van der Waals surface area contributed by atoms with Crippen LogP contribution in [0.1, 0.15) is 39.5 Å². The Bertz CT molecular complexity index is 1240. The van der Waals surface area contributed by atoms with Crippen molar-refractivity contribution < 1.29 is 14.3 Å². The summed E-state index contributed by atoms with van der Waals surface area (Å²) < 4.78 is 6.80. The number of nitrogens with zero attached hydrogens (tertiary/aromatic N) is 3. The predicted molar refractivity (Wildman–Crippen MR) is 123 cm³/mol. The SMILES string of the molecule is COc1ncccc1CNC(=O)c1c2c(cn(Cc3ccccc3)c1=O)CN(C(C)=O)CC2. The maximum Gasteiger partial charge on any atom is 0.264 e. The second-order valence-electron chi connectivity index (χ2n) is 7.97. The van der Waals surface area contributed by atoms with Crippen molar-refractivity contribution in [3.8, 4) is 5.88 Å². The number of hydrogen-bond acceptors (Lipinski definition) is 5. The van der Waals surface area contributed by atoms with Crippen LogP contribution in [-0.2, 0) is 30.8 Å². The van der Waals surface area contributed by atoms with Crippen molar-refractivity contribution in [3.63, 3.8) is 0 Å². The largest absolute Gasteiger partial charge is 0.481 e. The van der Waals surface area contributed by atoms with Crippen LogP contribution in [0.2, 0.25) is 0 Å². The summed E-state index contributed by atoms with van der Waals surface area (Å²) in [4.78, 5) is 44.5. The first-order valence-electron chi connectivity index (χ1n) is 10.8. The number of carbonyl (C=O) groups is 2. The molecule has 33 heavy (non-hydrogen) atoms. The van der Waals surface area contributed by atoms with Gasteiger partial charge in [-0.1, -0.05) is 36.4 Å². The summed E-state index contributed by atoms with van der Waals surface area (Å²) in [6, 6.07) is 13.2. The highest BCUT2D eigenvalue weighted by Gasteiger charge is 2.27. The molecule has 0 fully saturated rings. The molecule has 1 aliphatic heterocycles. The molecule has 1 aliphatic rings. The van der Waals surface area contributed by atoms with Gasteiger partial charge in [-0.15, -0.1) is 0 Å². The molecule has 3 aromatic rings. The van der Waals surface area contributed by atoms with E-state index in [0.717, 1.165) is 11.1 Å². The molecule has 0 unspecified atom stereocenters. The Morgan fingerprint density at radius 2 is 1.94 bits per heavy atom. The fourth-order valence-corrected chi connectivity index (χ4v) is 4.12. The van der Waals surface area contributed by atoms with Crippen LogP contribution < -0.4 is 15.6 Å². The smallest absolute Gasteiger partial charge is 0.264 e. The number of ether oxygens (including phenoxy) is 1. The van der Waals surface area contributed by atoms with Gasteiger partial charge in [0.1, 0.15) is 5.56 Å². The van der Waals surface area contributed by atoms with Crippen LogP contribution in [0, 0.1) is 0 Å². The first kappa shape index (κ1) is 22.3. The lowest BCUT2D eigenvalue weighted by atomic mass is 9.95. The number of nitrogens with one attached hydrogen (secondary N) is 1. The quantitative estimate of drug-likeness (QED) is 0.626. The van der Waals surface area contributed by atoms with Crippen molar-refractivity contribution >= 4 is 11.8 Å². The van der Waals surface area contributed by atoms with Crippen molar-refractivity contribution in [2.75, 3.05) is 13.7 Å². The van der Waals surface area contributed by atoms with Crippen molar-refractivity contribution in [3.05, 3.63) is 93.0 Å². The van der Waals surface area contributed by atoms with Crippen LogP contribution in [0.25, 0.3) is 0 Å². The molecule has 0 radical (unpaired) electrons. The van der Waals surface area contributed by atoms with Gasteiger partial charge in [0.25, 0.3) is 11.5 Å². The molecule has 0 atom stereocenters. The van der Waals surface area contributed by atoms with Gasteiger partial charge in [-0.2, -0.15) is 0 Å². The summed E-state index contributed by atoms with van der Waals surface area (Å²) in [6.07, 6.45) is 3.84. The monoisotopic (exact) mass is 446 g/mol. The molecule has 2 aromatic heterocycles. The molecule has 170 valence electrons. The molecule has 0 bridgehead atoms. The number of fused-ring (bicyclic) bond motifs is 1. The Balaban J connectivity index is 1.70. The van der Waals surface area contributed by atoms with E-state index in [4.69, 9.17) is 4.74 Å². The molecular weight excluding hydrogens is 420 g/mol. The van der Waals surface area contributed by atoms with Crippen LogP contribution in [0.4, 0.5) is 0 Å². The van der Waals surface area contributed by atoms with Gasteiger partial charge in [0.2, 0.25) is 11.8 Å². The van der Waals surface area contributed by atoms with Gasteiger partial charge in [-0.3, -0.25) is 14.4 Å². The van der Waals surface area contributed by atoms with E-state index in [1.54, 1.807) is 27.9 Å². The highest BCUT2D eigenvalue weighted by molar-refractivity contribution is 5.95. The van der Waals surface area contributed by atoms with E-state index in [0.29, 0.717) is 43.1 Å². The third-order valence-corrected chi connectivity index (χ3v) is 5.82. The fraction of sp³-hybridized carbons (Fsp3) is 0.280. The number of methoxy groups -OCH3 is 1. The Morgan fingerprint density at radius 3 is 2.67 bits per heavy atom. The van der Waals surface area contributed by atoms with Crippen molar-refractivity contribution in [1.82, 2.24) is 19.8 Å². The van der Waals surface area contributed by atoms with E-state index in [9.17, 15) is 14.4 Å². The van der Waals surface area contributed by atoms with Gasteiger partial charge in [0, 0.05) is 44.5 Å². The van der Waals surface area contributed by atoms with Crippen molar-refractivity contribution in [2.24, 2.45) is 0 Å². The van der Waals surface area contributed by atoms with Crippen LogP contribution in [0.3, 0.4) is 0 Å². The number of hydrogen-bond donors (Lipinski definition) is 1. The van der Waals surface area contributed by atoms with Gasteiger partial charge in [-0.05, 0) is 29.2 Å². The zero-order valence-corrected chi connectivity index (χ0v) is 18.7. The first-order valence-corrected chi connectivity index (χ1v) is 10.8. The Hall–Kier alpha value is -3.94. The number of benzene rings is 1. The van der Waals surface area contributed by atoms with E-state index >= 15 is 0 Å². The van der Waals surface area contributed by atoms with Gasteiger partial charge < -0.3 is 19.5 Å². The van der Waals surface area contributed by atoms with Crippen LogP contribution in [0.5, 0.6) is 5.88 Å². The molecule has 8 heteroatoms. The van der Waals surface area contributed by atoms with E-state index in [2.05, 4.69) is 10.3 Å². The lowest BCUT2D eigenvalue weighted by molar-refractivity contribution is -0.129. The Kier molecular flexibility index (Phi) is 6.53. The van der Waals surface area contributed by atoms with Gasteiger partial charge in [-0.25, -0.2) is 4.98 Å². The molecule has 2 amide bonds. The standard InChI is InChI=1S/C25H26N4O4/c1-17(30)28-12-10-21-20(15-28)16-29(14-18-7-4-3-5-8-18)25(32)22(21)23(31)27-13-19-9-6-11-26-24(19)33-2/h3-9,11,16H,10,12-15H2,1-2H3,(H,27,31). The van der Waals surface area contributed by atoms with Crippen molar-refractivity contribution in [1.29, 1.82) is 0 Å². The summed E-state index contributed by atoms with van der Waals surface area (Å²) in [5.41, 5.74) is 2.98.